The summed E-state index contributed by atoms with van der Waals surface area (Å²) in [5.41, 5.74) is 10.8. The van der Waals surface area contributed by atoms with Crippen molar-refractivity contribution in [2.45, 2.75) is 25.9 Å². The van der Waals surface area contributed by atoms with Crippen molar-refractivity contribution in [1.29, 1.82) is 0 Å². The molecule has 0 aromatic heterocycles. The Labute approximate surface area is 46.1 Å². The summed E-state index contributed by atoms with van der Waals surface area (Å²) >= 11 is 0. The third-order valence-corrected chi connectivity index (χ3v) is 2.32. The standard InChI is InChI=1S/C4H13N2P/c1-4(2,3)7(5)6/h5-6H2,1-3H3. The third-order valence-electron chi connectivity index (χ3n) is 0.775. The van der Waals surface area contributed by atoms with Crippen molar-refractivity contribution in [1.82, 2.24) is 0 Å². The van der Waals surface area contributed by atoms with Crippen LogP contribution >= 0.6 is 8.22 Å². The molecule has 44 valence electrons. The lowest BCUT2D eigenvalue weighted by atomic mass is 10.3. The molecule has 0 spiro atoms. The van der Waals surface area contributed by atoms with E-state index in [1.165, 1.54) is 0 Å². The van der Waals surface area contributed by atoms with Crippen LogP contribution in [0.4, 0.5) is 0 Å². The van der Waals surface area contributed by atoms with Crippen LogP contribution in [-0.4, -0.2) is 5.16 Å². The van der Waals surface area contributed by atoms with Crippen molar-refractivity contribution in [3.63, 3.8) is 0 Å². The normalized spacial score (nSPS) is 12.9. The van der Waals surface area contributed by atoms with E-state index in [0.29, 0.717) is 0 Å². The minimum absolute atomic E-state index is 0.120. The summed E-state index contributed by atoms with van der Waals surface area (Å²) in [6, 6.07) is 0. The maximum absolute atomic E-state index is 5.41. The minimum Gasteiger partial charge on any atom is -0.297 e. The predicted molar refractivity (Wildman–Crippen MR) is 35.0 cm³/mol. The lowest BCUT2D eigenvalue weighted by Crippen LogP contribution is -2.20. The van der Waals surface area contributed by atoms with Gasteiger partial charge in [0.25, 0.3) is 0 Å². The summed E-state index contributed by atoms with van der Waals surface area (Å²) in [5.74, 6) is 0. The van der Waals surface area contributed by atoms with Gasteiger partial charge in [-0.2, -0.15) is 0 Å². The van der Waals surface area contributed by atoms with Gasteiger partial charge < -0.3 is 0 Å². The molecule has 4 N–H and O–H groups in total. The number of hydrogen-bond donors (Lipinski definition) is 2. The summed E-state index contributed by atoms with van der Waals surface area (Å²) in [6.45, 7) is 6.12. The van der Waals surface area contributed by atoms with Crippen LogP contribution in [0.3, 0.4) is 0 Å². The van der Waals surface area contributed by atoms with Crippen molar-refractivity contribution in [2.75, 3.05) is 0 Å². The molecule has 0 amide bonds. The Morgan fingerprint density at radius 1 is 1.14 bits per heavy atom. The lowest BCUT2D eigenvalue weighted by molar-refractivity contribution is 0.782. The van der Waals surface area contributed by atoms with Gasteiger partial charge in [-0.05, 0) is 0 Å². The fraction of sp³-hybridized carbons (Fsp3) is 1.00. The average molecular weight is 120 g/mol. The van der Waals surface area contributed by atoms with Gasteiger partial charge in [0, 0.05) is 13.4 Å². The minimum atomic E-state index is -0.742. The molecular weight excluding hydrogens is 107 g/mol. The Morgan fingerprint density at radius 3 is 1.29 bits per heavy atom. The summed E-state index contributed by atoms with van der Waals surface area (Å²) in [5, 5.41) is 0.120. The zero-order valence-corrected chi connectivity index (χ0v) is 6.00. The Bertz CT molecular complexity index is 55.2. The van der Waals surface area contributed by atoms with Gasteiger partial charge in [-0.1, -0.05) is 20.8 Å². The van der Waals surface area contributed by atoms with E-state index < -0.39 is 8.22 Å². The second-order valence-electron chi connectivity index (χ2n) is 2.58. The van der Waals surface area contributed by atoms with Crippen LogP contribution in [0.2, 0.25) is 0 Å². The molecule has 0 saturated carbocycles. The highest BCUT2D eigenvalue weighted by Gasteiger charge is 2.15. The molecule has 0 aliphatic rings. The smallest absolute Gasteiger partial charge is 0.0338 e. The molecule has 0 radical (unpaired) electrons. The van der Waals surface area contributed by atoms with E-state index >= 15 is 0 Å². The summed E-state index contributed by atoms with van der Waals surface area (Å²) < 4.78 is 0. The first-order valence-electron chi connectivity index (χ1n) is 2.24. The van der Waals surface area contributed by atoms with Crippen molar-refractivity contribution in [2.24, 2.45) is 11.0 Å². The first kappa shape index (κ1) is 7.35. The molecule has 0 unspecified atom stereocenters. The fourth-order valence-corrected chi connectivity index (χ4v) is 0. The Morgan fingerprint density at radius 2 is 1.29 bits per heavy atom. The van der Waals surface area contributed by atoms with Gasteiger partial charge in [0.15, 0.2) is 0 Å². The quantitative estimate of drug-likeness (QED) is 0.469. The summed E-state index contributed by atoms with van der Waals surface area (Å²) in [6.07, 6.45) is 0. The number of hydrogen-bond acceptors (Lipinski definition) is 2. The molecular formula is C4H13N2P. The molecule has 7 heavy (non-hydrogen) atoms. The van der Waals surface area contributed by atoms with Gasteiger partial charge in [0.1, 0.15) is 0 Å². The predicted octanol–water partition coefficient (Wildman–Crippen LogP) is 1.01. The van der Waals surface area contributed by atoms with Crippen molar-refractivity contribution in [3.8, 4) is 0 Å². The largest absolute Gasteiger partial charge is 0.297 e. The van der Waals surface area contributed by atoms with Crippen LogP contribution in [0.25, 0.3) is 0 Å². The van der Waals surface area contributed by atoms with Gasteiger partial charge in [-0.3, -0.25) is 11.0 Å². The molecule has 0 atom stereocenters. The fourth-order valence-electron chi connectivity index (χ4n) is 0. The third kappa shape index (κ3) is 2.98. The van der Waals surface area contributed by atoms with E-state index in [1.807, 2.05) is 20.8 Å². The van der Waals surface area contributed by atoms with Crippen molar-refractivity contribution < 1.29 is 0 Å². The van der Waals surface area contributed by atoms with E-state index in [9.17, 15) is 0 Å². The zero-order chi connectivity index (χ0) is 6.08. The van der Waals surface area contributed by atoms with Gasteiger partial charge in [-0.15, -0.1) is 0 Å². The van der Waals surface area contributed by atoms with Crippen LogP contribution in [0.5, 0.6) is 0 Å². The van der Waals surface area contributed by atoms with Crippen LogP contribution in [-0.2, 0) is 0 Å². The molecule has 0 aliphatic carbocycles. The Hall–Kier alpha value is 0.350. The molecule has 3 heteroatoms. The van der Waals surface area contributed by atoms with Crippen LogP contribution in [0, 0.1) is 0 Å². The maximum Gasteiger partial charge on any atom is 0.0338 e. The number of nitrogens with two attached hydrogens (primary N) is 2. The Balaban J connectivity index is 3.54. The SMILES string of the molecule is CC(C)(C)P(N)N. The molecule has 0 aliphatic heterocycles. The first-order valence-corrected chi connectivity index (χ1v) is 3.72. The first-order chi connectivity index (χ1) is 2.94. The molecule has 0 bridgehead atoms. The molecule has 0 fully saturated rings. The van der Waals surface area contributed by atoms with Crippen LogP contribution < -0.4 is 11.0 Å². The molecule has 0 heterocycles. The van der Waals surface area contributed by atoms with E-state index in [2.05, 4.69) is 0 Å². The van der Waals surface area contributed by atoms with E-state index in [1.54, 1.807) is 0 Å². The van der Waals surface area contributed by atoms with Crippen LogP contribution in [0.1, 0.15) is 20.8 Å². The van der Waals surface area contributed by atoms with Crippen molar-refractivity contribution in [3.05, 3.63) is 0 Å². The van der Waals surface area contributed by atoms with Gasteiger partial charge in [0.2, 0.25) is 0 Å². The lowest BCUT2D eigenvalue weighted by Gasteiger charge is -2.21. The summed E-state index contributed by atoms with van der Waals surface area (Å²) in [4.78, 5) is 0. The molecule has 2 nitrogen and oxygen atoms in total. The van der Waals surface area contributed by atoms with E-state index in [4.69, 9.17) is 11.0 Å². The highest BCUT2D eigenvalue weighted by molar-refractivity contribution is 7.54. The number of rotatable bonds is 0. The highest BCUT2D eigenvalue weighted by atomic mass is 31.1. The maximum atomic E-state index is 5.41. The molecule has 0 aromatic carbocycles. The second-order valence-corrected chi connectivity index (χ2v) is 4.73. The Kier molecular flexibility index (Phi) is 2.18. The van der Waals surface area contributed by atoms with Crippen LogP contribution in [0.15, 0.2) is 0 Å². The molecule has 0 saturated heterocycles. The highest BCUT2D eigenvalue weighted by Crippen LogP contribution is 2.33. The van der Waals surface area contributed by atoms with Gasteiger partial charge in [0.05, 0.1) is 0 Å². The zero-order valence-electron chi connectivity index (χ0n) is 5.10. The second kappa shape index (κ2) is 2.08. The topological polar surface area (TPSA) is 52.0 Å². The van der Waals surface area contributed by atoms with Gasteiger partial charge in [-0.25, -0.2) is 0 Å². The van der Waals surface area contributed by atoms with Gasteiger partial charge >= 0.3 is 0 Å². The summed E-state index contributed by atoms with van der Waals surface area (Å²) in [7, 11) is -0.742. The van der Waals surface area contributed by atoms with E-state index in [-0.39, 0.29) is 5.16 Å². The molecule has 0 aromatic rings. The van der Waals surface area contributed by atoms with Crippen molar-refractivity contribution >= 4 is 8.22 Å². The van der Waals surface area contributed by atoms with E-state index in [0.717, 1.165) is 0 Å². The monoisotopic (exact) mass is 120 g/mol. The average Bonchev–Trinajstić information content (AvgIpc) is 1.31. The molecule has 0 rings (SSSR count).